The molecule has 25 heavy (non-hydrogen) atoms. The fourth-order valence-electron chi connectivity index (χ4n) is 3.93. The minimum atomic E-state index is -0.140. The number of hydrogen-bond donors (Lipinski definition) is 1. The topological polar surface area (TPSA) is 66.8 Å². The number of likely N-dealkylation sites (tertiary alicyclic amines) is 1. The highest BCUT2D eigenvalue weighted by molar-refractivity contribution is 5.77. The summed E-state index contributed by atoms with van der Waals surface area (Å²) in [6.07, 6.45) is 3.85. The number of esters is 1. The highest BCUT2D eigenvalue weighted by atomic mass is 16.5. The van der Waals surface area contributed by atoms with Gasteiger partial charge in [0, 0.05) is 36.8 Å². The quantitative estimate of drug-likeness (QED) is 0.802. The zero-order valence-corrected chi connectivity index (χ0v) is 14.4. The second-order valence-electron chi connectivity index (χ2n) is 7.85. The maximum absolute atomic E-state index is 12.2. The molecule has 0 bridgehead atoms. The van der Waals surface area contributed by atoms with Gasteiger partial charge in [0.05, 0.1) is 19.6 Å². The van der Waals surface area contributed by atoms with E-state index < -0.39 is 0 Å². The van der Waals surface area contributed by atoms with Gasteiger partial charge in [-0.2, -0.15) is 0 Å². The monoisotopic (exact) mass is 343 g/mol. The molecule has 1 saturated carbocycles. The number of amides is 1. The van der Waals surface area contributed by atoms with E-state index in [9.17, 15) is 14.7 Å². The highest BCUT2D eigenvalue weighted by Crippen LogP contribution is 2.47. The van der Waals surface area contributed by atoms with E-state index in [1.54, 1.807) is 0 Å². The van der Waals surface area contributed by atoms with Crippen LogP contribution in [0.25, 0.3) is 0 Å². The maximum Gasteiger partial charge on any atom is 0.306 e. The molecule has 5 heteroatoms. The molecule has 2 saturated heterocycles. The van der Waals surface area contributed by atoms with Gasteiger partial charge in [0.2, 0.25) is 5.91 Å². The van der Waals surface area contributed by atoms with Crippen molar-refractivity contribution in [3.8, 4) is 0 Å². The number of cyclic esters (lactones) is 1. The van der Waals surface area contributed by atoms with Gasteiger partial charge < -0.3 is 14.7 Å². The van der Waals surface area contributed by atoms with Crippen LogP contribution in [-0.2, 0) is 19.7 Å². The van der Waals surface area contributed by atoms with Crippen molar-refractivity contribution in [1.82, 2.24) is 4.90 Å². The smallest absolute Gasteiger partial charge is 0.306 e. The van der Waals surface area contributed by atoms with Gasteiger partial charge in [-0.1, -0.05) is 24.3 Å². The van der Waals surface area contributed by atoms with Crippen LogP contribution in [0.2, 0.25) is 0 Å². The van der Waals surface area contributed by atoms with Crippen LogP contribution in [0.5, 0.6) is 0 Å². The molecule has 1 N–H and O–H groups in total. The van der Waals surface area contributed by atoms with Crippen LogP contribution >= 0.6 is 0 Å². The van der Waals surface area contributed by atoms with E-state index in [-0.39, 0.29) is 29.8 Å². The Morgan fingerprint density at radius 3 is 2.52 bits per heavy atom. The van der Waals surface area contributed by atoms with Gasteiger partial charge in [0.15, 0.2) is 0 Å². The molecule has 1 aliphatic carbocycles. The first-order valence-electron chi connectivity index (χ1n) is 9.24. The molecule has 134 valence electrons. The molecule has 5 nitrogen and oxygen atoms in total. The predicted octanol–water partition coefficient (Wildman–Crippen LogP) is 1.98. The van der Waals surface area contributed by atoms with Gasteiger partial charge in [-0.05, 0) is 30.4 Å². The van der Waals surface area contributed by atoms with Crippen molar-refractivity contribution in [3.63, 3.8) is 0 Å². The molecule has 3 aliphatic rings. The minimum absolute atomic E-state index is 0.0193. The largest absolute Gasteiger partial charge is 0.465 e. The van der Waals surface area contributed by atoms with Crippen LogP contribution in [-0.4, -0.2) is 48.2 Å². The van der Waals surface area contributed by atoms with E-state index in [0.29, 0.717) is 25.4 Å². The summed E-state index contributed by atoms with van der Waals surface area (Å²) in [5, 5.41) is 9.51. The number of nitrogens with zero attached hydrogens (tertiary/aromatic N) is 1. The Balaban J connectivity index is 1.24. The van der Waals surface area contributed by atoms with Crippen molar-refractivity contribution >= 4 is 11.9 Å². The number of rotatable bonds is 6. The third kappa shape index (κ3) is 3.30. The first-order valence-corrected chi connectivity index (χ1v) is 9.24. The van der Waals surface area contributed by atoms with Crippen molar-refractivity contribution in [1.29, 1.82) is 0 Å². The van der Waals surface area contributed by atoms with Gasteiger partial charge in [0.25, 0.3) is 0 Å². The Bertz CT molecular complexity index is 659. The maximum atomic E-state index is 12.2. The van der Waals surface area contributed by atoms with E-state index in [1.807, 2.05) is 4.90 Å². The van der Waals surface area contributed by atoms with E-state index in [1.165, 1.54) is 11.1 Å². The fourth-order valence-corrected chi connectivity index (χ4v) is 3.93. The molecule has 1 amide bonds. The normalized spacial score (nSPS) is 24.8. The summed E-state index contributed by atoms with van der Waals surface area (Å²) in [5.74, 6) is 0.671. The lowest BCUT2D eigenvalue weighted by atomic mass is 9.88. The zero-order valence-electron chi connectivity index (χ0n) is 14.4. The van der Waals surface area contributed by atoms with Gasteiger partial charge >= 0.3 is 5.97 Å². The Kier molecular flexibility index (Phi) is 4.28. The molecule has 2 aliphatic heterocycles. The van der Waals surface area contributed by atoms with Gasteiger partial charge in [0.1, 0.15) is 0 Å². The van der Waals surface area contributed by atoms with Crippen LogP contribution in [0.3, 0.4) is 0 Å². The average molecular weight is 343 g/mol. The van der Waals surface area contributed by atoms with Crippen LogP contribution in [0.15, 0.2) is 24.3 Å². The highest BCUT2D eigenvalue weighted by Gasteiger charge is 2.43. The first-order chi connectivity index (χ1) is 12.1. The Labute approximate surface area is 148 Å². The lowest BCUT2D eigenvalue weighted by Gasteiger charge is -2.40. The molecule has 0 radical (unpaired) electrons. The summed E-state index contributed by atoms with van der Waals surface area (Å²) >= 11 is 0. The Morgan fingerprint density at radius 1 is 1.24 bits per heavy atom. The second-order valence-corrected chi connectivity index (χ2v) is 7.85. The minimum Gasteiger partial charge on any atom is -0.465 e. The summed E-state index contributed by atoms with van der Waals surface area (Å²) in [6.45, 7) is 2.26. The number of carbonyl (C=O) groups excluding carboxylic acids is 2. The molecule has 0 unspecified atom stereocenters. The summed E-state index contributed by atoms with van der Waals surface area (Å²) in [7, 11) is 0. The van der Waals surface area contributed by atoms with Gasteiger partial charge in [-0.25, -0.2) is 0 Å². The summed E-state index contributed by atoms with van der Waals surface area (Å²) in [4.78, 5) is 25.2. The lowest BCUT2D eigenvalue weighted by molar-refractivity contribution is -0.138. The van der Waals surface area contributed by atoms with E-state index in [2.05, 4.69) is 24.3 Å². The van der Waals surface area contributed by atoms with Crippen LogP contribution in [0.1, 0.15) is 49.1 Å². The number of hydrogen-bond acceptors (Lipinski definition) is 4. The molecule has 2 heterocycles. The number of aliphatic hydroxyl groups excluding tert-OH is 1. The van der Waals surface area contributed by atoms with E-state index in [4.69, 9.17) is 4.74 Å². The van der Waals surface area contributed by atoms with Gasteiger partial charge in [-0.3, -0.25) is 9.59 Å². The summed E-state index contributed by atoms with van der Waals surface area (Å²) in [5.41, 5.74) is 2.53. The average Bonchev–Trinajstić information content (AvgIpc) is 3.28. The van der Waals surface area contributed by atoms with Crippen molar-refractivity contribution in [2.24, 2.45) is 5.92 Å². The molecule has 4 rings (SSSR count). The molecule has 1 aromatic carbocycles. The van der Waals surface area contributed by atoms with Crippen LogP contribution in [0, 0.1) is 5.92 Å². The number of carbonyl (C=O) groups is 2. The predicted molar refractivity (Wildman–Crippen MR) is 92.1 cm³/mol. The standard InChI is InChI=1S/C20H25NO4/c22-13-20(7-8-20)17-4-2-15(3-5-17)16-10-21(11-16)18(23)6-1-14-9-19(24)25-12-14/h2-5,14,16,22H,1,6-13H2/t14-/m0/s1. The second kappa shape index (κ2) is 6.45. The summed E-state index contributed by atoms with van der Waals surface area (Å²) < 4.78 is 4.94. The Morgan fingerprint density at radius 2 is 1.96 bits per heavy atom. The first kappa shape index (κ1) is 16.6. The molecule has 3 fully saturated rings. The van der Waals surface area contributed by atoms with Crippen LogP contribution < -0.4 is 0 Å². The fraction of sp³-hybridized carbons (Fsp3) is 0.600. The van der Waals surface area contributed by atoms with Crippen LogP contribution in [0.4, 0.5) is 0 Å². The number of ether oxygens (including phenoxy) is 1. The van der Waals surface area contributed by atoms with Crippen molar-refractivity contribution in [2.75, 3.05) is 26.3 Å². The lowest BCUT2D eigenvalue weighted by Crippen LogP contribution is -2.48. The SMILES string of the molecule is O=C1C[C@H](CCC(=O)N2CC(c3ccc(C4(CO)CC4)cc3)C2)CO1. The van der Waals surface area contributed by atoms with E-state index >= 15 is 0 Å². The van der Waals surface area contributed by atoms with Gasteiger partial charge in [-0.15, -0.1) is 0 Å². The van der Waals surface area contributed by atoms with E-state index in [0.717, 1.165) is 32.4 Å². The third-order valence-electron chi connectivity index (χ3n) is 6.09. The van der Waals surface area contributed by atoms with Crippen molar-refractivity contribution in [3.05, 3.63) is 35.4 Å². The third-order valence-corrected chi connectivity index (χ3v) is 6.09. The Hall–Kier alpha value is -1.88. The van der Waals surface area contributed by atoms with Crippen molar-refractivity contribution < 1.29 is 19.4 Å². The van der Waals surface area contributed by atoms with Crippen molar-refractivity contribution in [2.45, 2.75) is 43.4 Å². The number of benzene rings is 1. The molecular formula is C20H25NO4. The molecule has 1 aromatic rings. The zero-order chi connectivity index (χ0) is 17.4. The molecule has 0 spiro atoms. The number of aliphatic hydroxyl groups is 1. The molecule has 1 atom stereocenters. The summed E-state index contributed by atoms with van der Waals surface area (Å²) in [6, 6.07) is 8.58. The molecular weight excluding hydrogens is 318 g/mol. The molecule has 0 aromatic heterocycles.